The first-order chi connectivity index (χ1) is 8.52. The molecule has 1 aliphatic rings. The molecule has 1 heterocycles. The van der Waals surface area contributed by atoms with Gasteiger partial charge >= 0.3 is 6.18 Å². The van der Waals surface area contributed by atoms with E-state index in [2.05, 4.69) is 9.36 Å². The number of hydrogen-bond acceptors (Lipinski definition) is 5. The summed E-state index contributed by atoms with van der Waals surface area (Å²) in [6.45, 7) is 0.925. The Morgan fingerprint density at radius 1 is 1.33 bits per heavy atom. The molecule has 0 atom stereocenters. The largest absolute Gasteiger partial charge is 0.452 e. The molecule has 0 radical (unpaired) electrons. The van der Waals surface area contributed by atoms with Gasteiger partial charge in [0.25, 0.3) is 0 Å². The molecule has 1 aromatic rings. The lowest BCUT2D eigenvalue weighted by atomic mass is 10.2. The monoisotopic (exact) mass is 280 g/mol. The van der Waals surface area contributed by atoms with E-state index in [0.29, 0.717) is 18.2 Å². The predicted molar refractivity (Wildman–Crippen MR) is 63.6 cm³/mol. The second kappa shape index (κ2) is 5.40. The van der Waals surface area contributed by atoms with Gasteiger partial charge in [0.05, 0.1) is 0 Å². The maximum Gasteiger partial charge on any atom is 0.452 e. The number of halogens is 3. The number of hydrogen-bond donors (Lipinski definition) is 1. The van der Waals surface area contributed by atoms with Crippen molar-refractivity contribution in [2.24, 2.45) is 5.73 Å². The van der Waals surface area contributed by atoms with Crippen molar-refractivity contribution in [2.45, 2.75) is 37.9 Å². The Kier molecular flexibility index (Phi) is 4.06. The third kappa shape index (κ3) is 2.92. The summed E-state index contributed by atoms with van der Waals surface area (Å²) in [5.74, 6) is -1.05. The van der Waals surface area contributed by atoms with Crippen LogP contribution in [0.3, 0.4) is 0 Å². The van der Waals surface area contributed by atoms with Gasteiger partial charge in [-0.1, -0.05) is 12.8 Å². The van der Waals surface area contributed by atoms with Gasteiger partial charge in [0.15, 0.2) is 0 Å². The maximum absolute atomic E-state index is 12.5. The summed E-state index contributed by atoms with van der Waals surface area (Å²) in [7, 11) is 0. The lowest BCUT2D eigenvalue weighted by Gasteiger charge is -2.27. The van der Waals surface area contributed by atoms with Crippen LogP contribution < -0.4 is 10.6 Å². The zero-order chi connectivity index (χ0) is 13.2. The van der Waals surface area contributed by atoms with Crippen LogP contribution in [0.15, 0.2) is 0 Å². The van der Waals surface area contributed by atoms with Gasteiger partial charge in [-0.2, -0.15) is 22.5 Å². The van der Waals surface area contributed by atoms with E-state index in [9.17, 15) is 13.2 Å². The fraction of sp³-hybridized carbons (Fsp3) is 0.800. The fourth-order valence-corrected chi connectivity index (χ4v) is 3.02. The smallest absolute Gasteiger partial charge is 0.343 e. The molecular formula is C10H15F3N4S. The number of alkyl halides is 3. The Bertz CT molecular complexity index is 387. The van der Waals surface area contributed by atoms with Gasteiger partial charge in [0.1, 0.15) is 0 Å². The molecule has 0 spiro atoms. The number of anilines is 1. The average molecular weight is 280 g/mol. The molecule has 1 fully saturated rings. The summed E-state index contributed by atoms with van der Waals surface area (Å²) in [6.07, 6.45) is -0.284. The second-order valence-electron chi connectivity index (χ2n) is 4.32. The van der Waals surface area contributed by atoms with Crippen molar-refractivity contribution in [3.05, 3.63) is 5.82 Å². The molecule has 102 valence electrons. The highest BCUT2D eigenvalue weighted by molar-refractivity contribution is 7.09. The predicted octanol–water partition coefficient (Wildman–Crippen LogP) is 2.26. The van der Waals surface area contributed by atoms with Crippen molar-refractivity contribution in [3.8, 4) is 0 Å². The molecule has 0 amide bonds. The molecular weight excluding hydrogens is 265 g/mol. The number of rotatable bonds is 4. The van der Waals surface area contributed by atoms with Crippen molar-refractivity contribution in [1.29, 1.82) is 0 Å². The molecule has 2 rings (SSSR count). The van der Waals surface area contributed by atoms with Gasteiger partial charge in [0.2, 0.25) is 11.0 Å². The van der Waals surface area contributed by atoms with Crippen molar-refractivity contribution >= 4 is 16.7 Å². The van der Waals surface area contributed by atoms with Crippen LogP contribution in [0.2, 0.25) is 0 Å². The molecule has 8 heteroatoms. The number of aromatic nitrogens is 2. The number of nitrogens with two attached hydrogens (primary N) is 1. The normalized spacial score (nSPS) is 17.3. The van der Waals surface area contributed by atoms with E-state index in [1.807, 2.05) is 4.90 Å². The van der Waals surface area contributed by atoms with E-state index in [1.54, 1.807) is 0 Å². The van der Waals surface area contributed by atoms with Crippen molar-refractivity contribution in [1.82, 2.24) is 9.36 Å². The summed E-state index contributed by atoms with van der Waals surface area (Å²) in [5, 5.41) is 0.333. The summed E-state index contributed by atoms with van der Waals surface area (Å²) in [4.78, 5) is 5.47. The van der Waals surface area contributed by atoms with Gasteiger partial charge in [-0.3, -0.25) is 0 Å². The van der Waals surface area contributed by atoms with Gasteiger partial charge < -0.3 is 10.6 Å². The van der Waals surface area contributed by atoms with E-state index >= 15 is 0 Å². The standard InChI is InChI=1S/C10H15F3N4S/c11-10(12,13)8-15-9(18-16-8)17(6-5-14)7-3-1-2-4-7/h7H,1-6,14H2. The summed E-state index contributed by atoms with van der Waals surface area (Å²) in [5.41, 5.74) is 5.52. The highest BCUT2D eigenvalue weighted by Gasteiger charge is 2.37. The van der Waals surface area contributed by atoms with Crippen LogP contribution >= 0.6 is 11.5 Å². The third-order valence-corrected chi connectivity index (χ3v) is 3.80. The summed E-state index contributed by atoms with van der Waals surface area (Å²) in [6, 6.07) is 0.252. The van der Waals surface area contributed by atoms with Crippen molar-refractivity contribution in [2.75, 3.05) is 18.0 Å². The third-order valence-electron chi connectivity index (χ3n) is 3.05. The van der Waals surface area contributed by atoms with E-state index in [4.69, 9.17) is 5.73 Å². The van der Waals surface area contributed by atoms with Crippen LogP contribution in [-0.4, -0.2) is 28.5 Å². The van der Waals surface area contributed by atoms with Crippen LogP contribution in [0.4, 0.5) is 18.3 Å². The molecule has 0 aromatic carbocycles. The van der Waals surface area contributed by atoms with Crippen LogP contribution in [0.1, 0.15) is 31.5 Å². The highest BCUT2D eigenvalue weighted by atomic mass is 32.1. The van der Waals surface area contributed by atoms with Crippen molar-refractivity contribution < 1.29 is 13.2 Å². The fourth-order valence-electron chi connectivity index (χ4n) is 2.24. The summed E-state index contributed by atoms with van der Waals surface area (Å²) < 4.78 is 40.8. The van der Waals surface area contributed by atoms with Gasteiger partial charge in [-0.15, -0.1) is 0 Å². The van der Waals surface area contributed by atoms with E-state index in [1.165, 1.54) is 0 Å². The molecule has 1 saturated carbocycles. The summed E-state index contributed by atoms with van der Waals surface area (Å²) >= 11 is 0.801. The zero-order valence-corrected chi connectivity index (χ0v) is 10.6. The Morgan fingerprint density at radius 3 is 2.50 bits per heavy atom. The average Bonchev–Trinajstić information content (AvgIpc) is 2.96. The quantitative estimate of drug-likeness (QED) is 0.919. The van der Waals surface area contributed by atoms with Gasteiger partial charge in [-0.05, 0) is 12.8 Å². The van der Waals surface area contributed by atoms with Gasteiger partial charge in [0, 0.05) is 30.7 Å². The van der Waals surface area contributed by atoms with Crippen LogP contribution in [-0.2, 0) is 6.18 Å². The molecule has 0 aliphatic heterocycles. The minimum Gasteiger partial charge on any atom is -0.343 e. The van der Waals surface area contributed by atoms with Gasteiger partial charge in [-0.25, -0.2) is 0 Å². The van der Waals surface area contributed by atoms with Crippen LogP contribution in [0, 0.1) is 0 Å². The van der Waals surface area contributed by atoms with E-state index < -0.39 is 12.0 Å². The minimum absolute atomic E-state index is 0.252. The van der Waals surface area contributed by atoms with Crippen molar-refractivity contribution in [3.63, 3.8) is 0 Å². The molecule has 0 unspecified atom stereocenters. The molecule has 4 nitrogen and oxygen atoms in total. The first kappa shape index (κ1) is 13.5. The Morgan fingerprint density at radius 2 is 2.00 bits per heavy atom. The first-order valence-electron chi connectivity index (χ1n) is 5.90. The SMILES string of the molecule is NCCN(c1nc(C(F)(F)F)ns1)C1CCCC1. The first-order valence-corrected chi connectivity index (χ1v) is 6.67. The molecule has 18 heavy (non-hydrogen) atoms. The zero-order valence-electron chi connectivity index (χ0n) is 9.78. The molecule has 2 N–H and O–H groups in total. The molecule has 1 aliphatic carbocycles. The Hall–Kier alpha value is -0.890. The lowest BCUT2D eigenvalue weighted by Crippen LogP contribution is -2.37. The topological polar surface area (TPSA) is 55.0 Å². The Balaban J connectivity index is 2.17. The maximum atomic E-state index is 12.5. The van der Waals surface area contributed by atoms with E-state index in [-0.39, 0.29) is 6.04 Å². The number of nitrogens with zero attached hydrogens (tertiary/aromatic N) is 3. The van der Waals surface area contributed by atoms with E-state index in [0.717, 1.165) is 37.2 Å². The Labute approximate surface area is 107 Å². The lowest BCUT2D eigenvalue weighted by molar-refractivity contribution is -0.144. The highest BCUT2D eigenvalue weighted by Crippen LogP contribution is 2.33. The molecule has 0 bridgehead atoms. The van der Waals surface area contributed by atoms with Crippen LogP contribution in [0.25, 0.3) is 0 Å². The second-order valence-corrected chi connectivity index (χ2v) is 5.05. The molecule has 1 aromatic heterocycles. The minimum atomic E-state index is -4.47. The van der Waals surface area contributed by atoms with Crippen LogP contribution in [0.5, 0.6) is 0 Å². The molecule has 0 saturated heterocycles.